The van der Waals surface area contributed by atoms with Gasteiger partial charge in [0.15, 0.2) is 0 Å². The molecule has 0 saturated carbocycles. The molecule has 0 aromatic heterocycles. The molecule has 20 heavy (non-hydrogen) atoms. The Labute approximate surface area is 131 Å². The van der Waals surface area contributed by atoms with Crippen LogP contribution in [0.15, 0.2) is 45.3 Å². The van der Waals surface area contributed by atoms with E-state index in [0.717, 1.165) is 0 Å². The fraction of sp³-hybridized carbons (Fsp3) is 0.0769. The Morgan fingerprint density at radius 2 is 1.85 bits per heavy atom. The monoisotopic (exact) mass is 403 g/mol. The summed E-state index contributed by atoms with van der Waals surface area (Å²) < 4.78 is 19.5. The third-order valence-corrected chi connectivity index (χ3v) is 3.82. The zero-order valence-corrected chi connectivity index (χ0v) is 13.1. The minimum Gasteiger partial charge on any atom is -0.489 e. The maximum atomic E-state index is 13.3. The highest BCUT2D eigenvalue weighted by molar-refractivity contribution is 9.10. The summed E-state index contributed by atoms with van der Waals surface area (Å²) in [5.74, 6) is -0.0689. The number of nitrogens with zero attached hydrogens (tertiary/aromatic N) is 1. The largest absolute Gasteiger partial charge is 0.489 e. The van der Waals surface area contributed by atoms with Gasteiger partial charge in [-0.05, 0) is 55.6 Å². The summed E-state index contributed by atoms with van der Waals surface area (Å²) in [7, 11) is 0. The number of halogens is 3. The molecule has 0 bridgehead atoms. The van der Waals surface area contributed by atoms with E-state index in [4.69, 9.17) is 4.74 Å². The Kier molecular flexibility index (Phi) is 4.72. The molecule has 2 rings (SSSR count). The van der Waals surface area contributed by atoms with Crippen molar-refractivity contribution in [2.75, 3.05) is 0 Å². The molecule has 4 nitrogen and oxygen atoms in total. The van der Waals surface area contributed by atoms with E-state index in [0.29, 0.717) is 20.3 Å². The van der Waals surface area contributed by atoms with Crippen LogP contribution in [-0.2, 0) is 6.61 Å². The molecule has 0 aliphatic heterocycles. The topological polar surface area (TPSA) is 52.4 Å². The van der Waals surface area contributed by atoms with E-state index >= 15 is 0 Å². The van der Waals surface area contributed by atoms with Crippen LogP contribution >= 0.6 is 31.9 Å². The molecule has 7 heteroatoms. The number of ether oxygens (including phenoxy) is 1. The number of nitro groups is 1. The van der Waals surface area contributed by atoms with Crippen LogP contribution in [-0.4, -0.2) is 4.92 Å². The zero-order chi connectivity index (χ0) is 14.7. The van der Waals surface area contributed by atoms with E-state index in [1.807, 2.05) is 0 Å². The Bertz CT molecular complexity index is 664. The Morgan fingerprint density at radius 3 is 2.50 bits per heavy atom. The number of rotatable bonds is 4. The fourth-order valence-corrected chi connectivity index (χ4v) is 2.16. The summed E-state index contributed by atoms with van der Waals surface area (Å²) in [6.07, 6.45) is 0. The van der Waals surface area contributed by atoms with Gasteiger partial charge in [0.05, 0.1) is 13.9 Å². The predicted octanol–water partition coefficient (Wildman–Crippen LogP) is 4.84. The molecule has 0 unspecified atom stereocenters. The Hall–Kier alpha value is -1.47. The van der Waals surface area contributed by atoms with E-state index < -0.39 is 10.7 Å². The number of hydrogen-bond donors (Lipinski definition) is 0. The van der Waals surface area contributed by atoms with E-state index in [1.165, 1.54) is 18.2 Å². The average Bonchev–Trinajstić information content (AvgIpc) is 2.41. The molecule has 0 radical (unpaired) electrons. The molecule has 0 fully saturated rings. The van der Waals surface area contributed by atoms with Crippen LogP contribution in [0.25, 0.3) is 0 Å². The first-order valence-corrected chi connectivity index (χ1v) is 7.06. The molecule has 0 atom stereocenters. The minimum absolute atomic E-state index is 0.0342. The van der Waals surface area contributed by atoms with Crippen LogP contribution in [0.3, 0.4) is 0 Å². The van der Waals surface area contributed by atoms with Crippen molar-refractivity contribution >= 4 is 37.5 Å². The van der Waals surface area contributed by atoms with E-state index in [-0.39, 0.29) is 12.3 Å². The lowest BCUT2D eigenvalue weighted by molar-refractivity contribution is -0.385. The molecule has 0 amide bonds. The van der Waals surface area contributed by atoms with Gasteiger partial charge in [-0.25, -0.2) is 4.39 Å². The first-order chi connectivity index (χ1) is 9.47. The first-order valence-electron chi connectivity index (χ1n) is 5.48. The van der Waals surface area contributed by atoms with Gasteiger partial charge in [0.1, 0.15) is 18.2 Å². The highest BCUT2D eigenvalue weighted by Gasteiger charge is 2.12. The van der Waals surface area contributed by atoms with Crippen LogP contribution in [0, 0.1) is 15.9 Å². The van der Waals surface area contributed by atoms with Crippen LogP contribution in [0.1, 0.15) is 5.56 Å². The summed E-state index contributed by atoms with van der Waals surface area (Å²) >= 11 is 6.16. The zero-order valence-electron chi connectivity index (χ0n) is 9.98. The molecule has 2 aromatic carbocycles. The van der Waals surface area contributed by atoms with Gasteiger partial charge in [0, 0.05) is 12.1 Å². The molecular formula is C13H8Br2FNO3. The molecule has 0 spiro atoms. The summed E-state index contributed by atoms with van der Waals surface area (Å²) in [5.41, 5.74) is 0.594. The van der Waals surface area contributed by atoms with Crippen LogP contribution in [0.5, 0.6) is 5.75 Å². The molecule has 0 aliphatic rings. The van der Waals surface area contributed by atoms with E-state index in [1.54, 1.807) is 18.2 Å². The molecular weight excluding hydrogens is 397 g/mol. The quantitative estimate of drug-likeness (QED) is 0.541. The van der Waals surface area contributed by atoms with Crippen molar-refractivity contribution < 1.29 is 14.1 Å². The van der Waals surface area contributed by atoms with Gasteiger partial charge in [-0.1, -0.05) is 6.07 Å². The summed E-state index contributed by atoms with van der Waals surface area (Å²) in [6.45, 7) is 0.120. The van der Waals surface area contributed by atoms with Crippen LogP contribution in [0.2, 0.25) is 0 Å². The normalized spacial score (nSPS) is 10.3. The van der Waals surface area contributed by atoms with Crippen molar-refractivity contribution in [2.45, 2.75) is 6.61 Å². The van der Waals surface area contributed by atoms with Gasteiger partial charge in [-0.3, -0.25) is 10.1 Å². The first kappa shape index (κ1) is 14.9. The molecule has 0 saturated heterocycles. The number of hydrogen-bond acceptors (Lipinski definition) is 3. The maximum Gasteiger partial charge on any atom is 0.283 e. The fourth-order valence-electron chi connectivity index (χ4n) is 1.52. The second kappa shape index (κ2) is 6.32. The van der Waals surface area contributed by atoms with Crippen molar-refractivity contribution in [3.63, 3.8) is 0 Å². The second-order valence-corrected chi connectivity index (χ2v) is 5.62. The predicted molar refractivity (Wildman–Crippen MR) is 79.2 cm³/mol. The van der Waals surface area contributed by atoms with Gasteiger partial charge in [0.25, 0.3) is 5.69 Å². The van der Waals surface area contributed by atoms with Gasteiger partial charge in [-0.2, -0.15) is 0 Å². The van der Waals surface area contributed by atoms with Crippen molar-refractivity contribution in [1.82, 2.24) is 0 Å². The molecule has 0 aliphatic carbocycles. The van der Waals surface area contributed by atoms with Gasteiger partial charge in [-0.15, -0.1) is 0 Å². The minimum atomic E-state index is -0.479. The standard InChI is InChI=1S/C13H8Br2FNO3/c14-10-4-2-9(6-12(10)16)20-7-8-1-3-11(15)13(5-8)17(18)19/h1-6H,7H2. The van der Waals surface area contributed by atoms with Gasteiger partial charge >= 0.3 is 0 Å². The highest BCUT2D eigenvalue weighted by Crippen LogP contribution is 2.27. The lowest BCUT2D eigenvalue weighted by Crippen LogP contribution is -1.98. The third-order valence-electron chi connectivity index (χ3n) is 2.50. The van der Waals surface area contributed by atoms with Gasteiger partial charge in [0.2, 0.25) is 0 Å². The summed E-state index contributed by atoms with van der Waals surface area (Å²) in [4.78, 5) is 10.3. The molecule has 0 heterocycles. The van der Waals surface area contributed by atoms with Gasteiger partial charge < -0.3 is 4.74 Å². The lowest BCUT2D eigenvalue weighted by atomic mass is 10.2. The SMILES string of the molecule is O=[N+]([O-])c1cc(COc2ccc(Br)c(F)c2)ccc1Br. The lowest BCUT2D eigenvalue weighted by Gasteiger charge is -2.07. The summed E-state index contributed by atoms with van der Waals surface area (Å²) in [5, 5.41) is 10.8. The molecule has 2 aromatic rings. The highest BCUT2D eigenvalue weighted by atomic mass is 79.9. The van der Waals surface area contributed by atoms with Crippen molar-refractivity contribution in [3.05, 3.63) is 66.8 Å². The third kappa shape index (κ3) is 3.55. The molecule has 0 N–H and O–H groups in total. The van der Waals surface area contributed by atoms with Crippen LogP contribution in [0.4, 0.5) is 10.1 Å². The Morgan fingerprint density at radius 1 is 1.15 bits per heavy atom. The maximum absolute atomic E-state index is 13.3. The molecule has 104 valence electrons. The number of nitro benzene ring substituents is 1. The van der Waals surface area contributed by atoms with E-state index in [9.17, 15) is 14.5 Å². The van der Waals surface area contributed by atoms with Crippen molar-refractivity contribution in [1.29, 1.82) is 0 Å². The number of benzene rings is 2. The summed E-state index contributed by atoms with van der Waals surface area (Å²) in [6, 6.07) is 9.09. The Balaban J connectivity index is 2.12. The average molecular weight is 405 g/mol. The van der Waals surface area contributed by atoms with Crippen molar-refractivity contribution in [2.24, 2.45) is 0 Å². The van der Waals surface area contributed by atoms with Crippen LogP contribution < -0.4 is 4.74 Å². The second-order valence-electron chi connectivity index (χ2n) is 3.91. The van der Waals surface area contributed by atoms with Crippen molar-refractivity contribution in [3.8, 4) is 5.75 Å². The van der Waals surface area contributed by atoms with E-state index in [2.05, 4.69) is 31.9 Å². The smallest absolute Gasteiger partial charge is 0.283 e.